The standard InChI is InChI=1S/C29H31Cl2FN2O3/c1-27(2,3)14-22-29(18-9-8-16(30)11-20(18)33-26(29)36)23(17-6-5-7-19(31)24(17)32)25(34-22)21(35)10-15-12-28(4,37)13-15/h5-9,11,15,22-23,37H,10,12-14H2,1-4H3,(H,33,36)/t15?,22-,23+,28?,29+/m1/s1. The molecule has 3 atom stereocenters. The van der Waals surface area contributed by atoms with Crippen LogP contribution in [0.3, 0.4) is 0 Å². The molecule has 0 bridgehead atoms. The van der Waals surface area contributed by atoms with Crippen molar-refractivity contribution in [2.75, 3.05) is 5.32 Å². The molecule has 2 aromatic rings. The number of halogens is 3. The molecule has 2 aromatic carbocycles. The van der Waals surface area contributed by atoms with Gasteiger partial charge in [-0.15, -0.1) is 0 Å². The number of fused-ring (bicyclic) bond motifs is 2. The van der Waals surface area contributed by atoms with Crippen molar-refractivity contribution in [2.45, 2.75) is 76.4 Å². The first-order valence-corrected chi connectivity index (χ1v) is 13.4. The van der Waals surface area contributed by atoms with E-state index in [-0.39, 0.29) is 45.7 Å². The zero-order valence-electron chi connectivity index (χ0n) is 21.4. The van der Waals surface area contributed by atoms with Crippen LogP contribution in [-0.4, -0.2) is 34.2 Å². The maximum atomic E-state index is 15.7. The number of hydrogen-bond acceptors (Lipinski definition) is 4. The van der Waals surface area contributed by atoms with E-state index in [1.807, 2.05) is 0 Å². The van der Waals surface area contributed by atoms with Crippen LogP contribution in [0.2, 0.25) is 10.0 Å². The third-order valence-electron chi connectivity index (χ3n) is 7.92. The lowest BCUT2D eigenvalue weighted by Gasteiger charge is -2.41. The third-order valence-corrected chi connectivity index (χ3v) is 8.44. The average Bonchev–Trinajstić information content (AvgIpc) is 3.23. The highest BCUT2D eigenvalue weighted by atomic mass is 35.5. The highest BCUT2D eigenvalue weighted by Gasteiger charge is 2.64. The maximum Gasteiger partial charge on any atom is 0.238 e. The Kier molecular flexibility index (Phi) is 6.33. The molecule has 5 nitrogen and oxygen atoms in total. The molecule has 1 spiro atoms. The number of Topliss-reactive ketones (excluding diaryl/α,β-unsaturated/α-hetero) is 1. The van der Waals surface area contributed by atoms with Crippen molar-refractivity contribution in [3.63, 3.8) is 0 Å². The van der Waals surface area contributed by atoms with Crippen LogP contribution >= 0.6 is 23.2 Å². The molecule has 1 saturated carbocycles. The first-order valence-electron chi connectivity index (χ1n) is 12.6. The van der Waals surface area contributed by atoms with Gasteiger partial charge in [-0.3, -0.25) is 14.6 Å². The van der Waals surface area contributed by atoms with E-state index in [2.05, 4.69) is 26.1 Å². The molecule has 1 aliphatic carbocycles. The van der Waals surface area contributed by atoms with Crippen LogP contribution in [0.15, 0.2) is 41.4 Å². The van der Waals surface area contributed by atoms with Gasteiger partial charge in [-0.25, -0.2) is 4.39 Å². The fourth-order valence-corrected chi connectivity index (χ4v) is 6.90. The number of nitrogens with zero attached hydrogens (tertiary/aromatic N) is 1. The fourth-order valence-electron chi connectivity index (χ4n) is 6.55. The monoisotopic (exact) mass is 544 g/mol. The predicted molar refractivity (Wildman–Crippen MR) is 144 cm³/mol. The molecule has 0 saturated heterocycles. The van der Waals surface area contributed by atoms with Gasteiger partial charge in [-0.05, 0) is 61.3 Å². The summed E-state index contributed by atoms with van der Waals surface area (Å²) < 4.78 is 15.7. The zero-order chi connectivity index (χ0) is 26.9. The van der Waals surface area contributed by atoms with E-state index in [1.165, 1.54) is 6.07 Å². The van der Waals surface area contributed by atoms with E-state index < -0.39 is 28.8 Å². The number of benzene rings is 2. The average molecular weight is 545 g/mol. The summed E-state index contributed by atoms with van der Waals surface area (Å²) in [6.07, 6.45) is 1.71. The van der Waals surface area contributed by atoms with Crippen molar-refractivity contribution < 1.29 is 19.1 Å². The number of hydrogen-bond donors (Lipinski definition) is 2. The van der Waals surface area contributed by atoms with Crippen LogP contribution in [-0.2, 0) is 15.0 Å². The quantitative estimate of drug-likeness (QED) is 0.451. The first-order chi connectivity index (χ1) is 17.2. The number of carbonyl (C=O) groups excluding carboxylic acids is 2. The molecule has 0 radical (unpaired) electrons. The number of carbonyl (C=O) groups is 2. The van der Waals surface area contributed by atoms with Crippen LogP contribution in [0.1, 0.15) is 70.4 Å². The van der Waals surface area contributed by atoms with Gasteiger partial charge in [0, 0.05) is 22.7 Å². The summed E-state index contributed by atoms with van der Waals surface area (Å²) in [5, 5.41) is 13.5. The van der Waals surface area contributed by atoms with Crippen LogP contribution in [0.5, 0.6) is 0 Å². The minimum absolute atomic E-state index is 0.0103. The third kappa shape index (κ3) is 4.41. The van der Waals surface area contributed by atoms with Crippen LogP contribution < -0.4 is 5.32 Å². The van der Waals surface area contributed by atoms with Crippen molar-refractivity contribution in [1.29, 1.82) is 0 Å². The smallest absolute Gasteiger partial charge is 0.238 e. The molecule has 0 unspecified atom stereocenters. The molecule has 37 heavy (non-hydrogen) atoms. The summed E-state index contributed by atoms with van der Waals surface area (Å²) in [6, 6.07) is 9.23. The van der Waals surface area contributed by atoms with Gasteiger partial charge in [0.25, 0.3) is 0 Å². The molecule has 1 fully saturated rings. The summed E-state index contributed by atoms with van der Waals surface area (Å²) in [6.45, 7) is 7.91. The molecular formula is C29H31Cl2FN2O3. The lowest BCUT2D eigenvalue weighted by atomic mass is 9.61. The number of aliphatic hydroxyl groups is 1. The zero-order valence-corrected chi connectivity index (χ0v) is 22.9. The highest BCUT2D eigenvalue weighted by Crippen LogP contribution is 2.57. The summed E-state index contributed by atoms with van der Waals surface area (Å²) in [5.41, 5.74) is -0.787. The molecular weight excluding hydrogens is 514 g/mol. The second-order valence-electron chi connectivity index (χ2n) is 12.3. The van der Waals surface area contributed by atoms with Crippen molar-refractivity contribution in [1.82, 2.24) is 0 Å². The molecule has 2 aliphatic heterocycles. The Morgan fingerprint density at radius 2 is 1.92 bits per heavy atom. The summed E-state index contributed by atoms with van der Waals surface area (Å²) >= 11 is 12.5. The van der Waals surface area contributed by atoms with Crippen molar-refractivity contribution >= 4 is 46.3 Å². The molecule has 5 rings (SSSR count). The van der Waals surface area contributed by atoms with Gasteiger partial charge in [0.05, 0.1) is 28.3 Å². The summed E-state index contributed by atoms with van der Waals surface area (Å²) in [4.78, 5) is 32.9. The van der Waals surface area contributed by atoms with E-state index in [0.717, 1.165) is 0 Å². The van der Waals surface area contributed by atoms with E-state index in [0.29, 0.717) is 35.5 Å². The normalized spacial score (nSPS) is 30.6. The highest BCUT2D eigenvalue weighted by molar-refractivity contribution is 6.44. The summed E-state index contributed by atoms with van der Waals surface area (Å²) in [5.74, 6) is -2.17. The van der Waals surface area contributed by atoms with Gasteiger partial charge in [-0.2, -0.15) is 0 Å². The van der Waals surface area contributed by atoms with Gasteiger partial charge >= 0.3 is 0 Å². The van der Waals surface area contributed by atoms with Crippen molar-refractivity contribution in [3.05, 3.63) is 63.4 Å². The van der Waals surface area contributed by atoms with E-state index in [4.69, 9.17) is 28.2 Å². The van der Waals surface area contributed by atoms with Crippen molar-refractivity contribution in [3.8, 4) is 0 Å². The van der Waals surface area contributed by atoms with Crippen LogP contribution in [0.4, 0.5) is 10.1 Å². The Morgan fingerprint density at radius 1 is 1.22 bits per heavy atom. The van der Waals surface area contributed by atoms with Gasteiger partial charge in [0.2, 0.25) is 5.91 Å². The number of rotatable bonds is 5. The van der Waals surface area contributed by atoms with Crippen molar-refractivity contribution in [2.24, 2.45) is 16.3 Å². The Morgan fingerprint density at radius 3 is 2.57 bits per heavy atom. The number of aliphatic imine (C=N–C) groups is 1. The molecule has 3 aliphatic rings. The number of anilines is 1. The fraction of sp³-hybridized carbons (Fsp3) is 0.483. The molecule has 8 heteroatoms. The predicted octanol–water partition coefficient (Wildman–Crippen LogP) is 6.49. The van der Waals surface area contributed by atoms with Crippen LogP contribution in [0, 0.1) is 17.2 Å². The Balaban J connectivity index is 1.71. The Bertz CT molecular complexity index is 1320. The molecule has 0 aromatic heterocycles. The Labute approximate surface area is 226 Å². The van der Waals surface area contributed by atoms with Gasteiger partial charge in [0.15, 0.2) is 5.78 Å². The first kappa shape index (κ1) is 26.3. The number of nitrogens with one attached hydrogen (secondary N) is 1. The van der Waals surface area contributed by atoms with E-state index in [1.54, 1.807) is 37.3 Å². The minimum atomic E-state index is -1.34. The molecule has 1 amide bonds. The number of ketones is 1. The molecule has 196 valence electrons. The molecule has 2 heterocycles. The van der Waals surface area contributed by atoms with E-state index >= 15 is 4.39 Å². The van der Waals surface area contributed by atoms with Gasteiger partial charge in [-0.1, -0.05) is 62.2 Å². The summed E-state index contributed by atoms with van der Waals surface area (Å²) in [7, 11) is 0. The maximum absolute atomic E-state index is 15.7. The van der Waals surface area contributed by atoms with Crippen LogP contribution in [0.25, 0.3) is 0 Å². The van der Waals surface area contributed by atoms with E-state index in [9.17, 15) is 14.7 Å². The largest absolute Gasteiger partial charge is 0.390 e. The van der Waals surface area contributed by atoms with Gasteiger partial charge < -0.3 is 10.4 Å². The number of amides is 1. The lowest BCUT2D eigenvalue weighted by Crippen LogP contribution is -2.49. The second-order valence-corrected chi connectivity index (χ2v) is 13.1. The topological polar surface area (TPSA) is 78.8 Å². The Hall–Kier alpha value is -2.28. The minimum Gasteiger partial charge on any atom is -0.390 e. The SMILES string of the molecule is CC(C)(C)C[C@H]1N=C(C(=O)CC2CC(C)(O)C2)[C@H](c2cccc(Cl)c2F)[C@@]12C(=O)Nc1cc(Cl)ccc12. The molecule has 2 N–H and O–H groups in total. The second kappa shape index (κ2) is 8.89. The lowest BCUT2D eigenvalue weighted by molar-refractivity contribution is -0.121. The van der Waals surface area contributed by atoms with Gasteiger partial charge in [0.1, 0.15) is 11.2 Å².